The highest BCUT2D eigenvalue weighted by molar-refractivity contribution is 7.25. The SMILES string of the molecule is c1cc(-c2ccc3sc4ccccc4c3c2)cc(-c2ccc3c4cnccc4c4ccccc4c3c2)c1. The normalized spacial score (nSPS) is 11.8. The minimum absolute atomic E-state index is 1.20. The maximum atomic E-state index is 4.43. The number of pyridine rings is 1. The molecule has 0 bridgehead atoms. The van der Waals surface area contributed by atoms with Crippen LogP contribution < -0.4 is 0 Å². The van der Waals surface area contributed by atoms with Gasteiger partial charge in [-0.3, -0.25) is 4.98 Å². The van der Waals surface area contributed by atoms with E-state index < -0.39 is 0 Å². The van der Waals surface area contributed by atoms with Crippen LogP contribution in [0.1, 0.15) is 0 Å². The Bertz CT molecular complexity index is 2120. The summed E-state index contributed by atoms with van der Waals surface area (Å²) >= 11 is 1.86. The maximum absolute atomic E-state index is 4.43. The zero-order valence-corrected chi connectivity index (χ0v) is 20.8. The first kappa shape index (κ1) is 20.6. The summed E-state index contributed by atoms with van der Waals surface area (Å²) in [5, 5.41) is 10.2. The summed E-state index contributed by atoms with van der Waals surface area (Å²) in [7, 11) is 0. The van der Waals surface area contributed by atoms with Crippen LogP contribution in [0.2, 0.25) is 0 Å². The second-order valence-electron chi connectivity index (χ2n) is 9.62. The molecule has 2 heteroatoms. The number of nitrogens with zero attached hydrogens (tertiary/aromatic N) is 1. The molecule has 2 aromatic heterocycles. The molecule has 0 fully saturated rings. The van der Waals surface area contributed by atoms with Crippen LogP contribution in [-0.2, 0) is 0 Å². The topological polar surface area (TPSA) is 12.9 Å². The van der Waals surface area contributed by atoms with Crippen molar-refractivity contribution in [3.63, 3.8) is 0 Å². The third-order valence-corrected chi connectivity index (χ3v) is 8.70. The van der Waals surface area contributed by atoms with E-state index in [4.69, 9.17) is 0 Å². The third-order valence-electron chi connectivity index (χ3n) is 7.54. The van der Waals surface area contributed by atoms with E-state index in [1.807, 2.05) is 23.7 Å². The van der Waals surface area contributed by atoms with Gasteiger partial charge in [0.1, 0.15) is 0 Å². The highest BCUT2D eigenvalue weighted by Gasteiger charge is 2.11. The number of thiophene rings is 1. The van der Waals surface area contributed by atoms with Crippen molar-refractivity contribution in [2.45, 2.75) is 0 Å². The van der Waals surface area contributed by atoms with E-state index in [2.05, 4.69) is 120 Å². The van der Waals surface area contributed by atoms with E-state index in [-0.39, 0.29) is 0 Å². The van der Waals surface area contributed by atoms with E-state index in [1.165, 1.54) is 74.7 Å². The van der Waals surface area contributed by atoms with Crippen molar-refractivity contribution in [2.75, 3.05) is 0 Å². The maximum Gasteiger partial charge on any atom is 0.0355 e. The lowest BCUT2D eigenvalue weighted by Crippen LogP contribution is -1.86. The molecule has 1 nitrogen and oxygen atoms in total. The Morgan fingerprint density at radius 1 is 0.378 bits per heavy atom. The molecule has 8 aromatic rings. The first-order valence-electron chi connectivity index (χ1n) is 12.5. The Balaban J connectivity index is 1.31. The summed E-state index contributed by atoms with van der Waals surface area (Å²) in [6.07, 6.45) is 3.88. The minimum atomic E-state index is 1.20. The number of aromatic nitrogens is 1. The second kappa shape index (κ2) is 7.99. The van der Waals surface area contributed by atoms with Gasteiger partial charge in [-0.05, 0) is 85.6 Å². The zero-order chi connectivity index (χ0) is 24.3. The van der Waals surface area contributed by atoms with Crippen LogP contribution in [0.5, 0.6) is 0 Å². The van der Waals surface area contributed by atoms with Gasteiger partial charge in [0.2, 0.25) is 0 Å². The molecule has 0 aliphatic heterocycles. The monoisotopic (exact) mass is 487 g/mol. The Morgan fingerprint density at radius 3 is 1.81 bits per heavy atom. The number of hydrogen-bond acceptors (Lipinski definition) is 2. The Morgan fingerprint density at radius 2 is 0.973 bits per heavy atom. The zero-order valence-electron chi connectivity index (χ0n) is 20.0. The van der Waals surface area contributed by atoms with E-state index in [9.17, 15) is 0 Å². The standard InChI is InChI=1S/C35H21NS/c1-2-9-27-26(8-1)29-16-17-36-21-33(29)28-14-12-24(19-31(27)28)22-6-5-7-23(18-22)25-13-15-35-32(20-25)30-10-3-4-11-34(30)37-35/h1-21H. The highest BCUT2D eigenvalue weighted by atomic mass is 32.1. The first-order chi connectivity index (χ1) is 18.3. The number of benzene rings is 6. The molecule has 37 heavy (non-hydrogen) atoms. The molecule has 0 radical (unpaired) electrons. The molecule has 0 unspecified atom stereocenters. The molecule has 6 aromatic carbocycles. The smallest absolute Gasteiger partial charge is 0.0355 e. The molecule has 0 spiro atoms. The first-order valence-corrected chi connectivity index (χ1v) is 13.4. The van der Waals surface area contributed by atoms with E-state index >= 15 is 0 Å². The predicted octanol–water partition coefficient (Wildman–Crippen LogP) is 10.2. The van der Waals surface area contributed by atoms with Gasteiger partial charge in [-0.25, -0.2) is 0 Å². The fraction of sp³-hybridized carbons (Fsp3) is 0. The summed E-state index contributed by atoms with van der Waals surface area (Å²) in [6, 6.07) is 42.2. The van der Waals surface area contributed by atoms with Crippen molar-refractivity contribution >= 4 is 63.8 Å². The van der Waals surface area contributed by atoms with Gasteiger partial charge in [-0.15, -0.1) is 11.3 Å². The second-order valence-corrected chi connectivity index (χ2v) is 10.7. The number of fused-ring (bicyclic) bond motifs is 9. The van der Waals surface area contributed by atoms with Crippen molar-refractivity contribution in [1.82, 2.24) is 4.98 Å². The Hall–Kier alpha value is -4.53. The fourth-order valence-corrected chi connectivity index (χ4v) is 6.85. The van der Waals surface area contributed by atoms with Crippen LogP contribution in [0.4, 0.5) is 0 Å². The van der Waals surface area contributed by atoms with Crippen LogP contribution in [0.3, 0.4) is 0 Å². The highest BCUT2D eigenvalue weighted by Crippen LogP contribution is 2.39. The summed E-state index contributed by atoms with van der Waals surface area (Å²) in [4.78, 5) is 4.43. The molecule has 0 saturated carbocycles. The minimum Gasteiger partial charge on any atom is -0.264 e. The van der Waals surface area contributed by atoms with Crippen molar-refractivity contribution < 1.29 is 0 Å². The Kier molecular flexibility index (Phi) is 4.46. The van der Waals surface area contributed by atoms with Gasteiger partial charge in [-0.2, -0.15) is 0 Å². The van der Waals surface area contributed by atoms with Gasteiger partial charge >= 0.3 is 0 Å². The van der Waals surface area contributed by atoms with Gasteiger partial charge < -0.3 is 0 Å². The Labute approximate surface area is 218 Å². The lowest BCUT2D eigenvalue weighted by molar-refractivity contribution is 1.37. The molecule has 0 atom stereocenters. The number of rotatable bonds is 2. The molecular formula is C35H21NS. The van der Waals surface area contributed by atoms with Crippen molar-refractivity contribution in [3.05, 3.63) is 128 Å². The van der Waals surface area contributed by atoms with Crippen molar-refractivity contribution in [3.8, 4) is 22.3 Å². The molecule has 0 aliphatic carbocycles. The van der Waals surface area contributed by atoms with Crippen LogP contribution in [-0.4, -0.2) is 4.98 Å². The van der Waals surface area contributed by atoms with Crippen LogP contribution in [0, 0.1) is 0 Å². The molecule has 2 heterocycles. The van der Waals surface area contributed by atoms with E-state index in [0.29, 0.717) is 0 Å². The fourth-order valence-electron chi connectivity index (χ4n) is 5.76. The summed E-state index contributed by atoms with van der Waals surface area (Å²) in [5.41, 5.74) is 4.94. The average molecular weight is 488 g/mol. The summed E-state index contributed by atoms with van der Waals surface area (Å²) in [6.45, 7) is 0. The lowest BCUT2D eigenvalue weighted by Gasteiger charge is -2.12. The van der Waals surface area contributed by atoms with Crippen molar-refractivity contribution in [2.24, 2.45) is 0 Å². The van der Waals surface area contributed by atoms with Crippen LogP contribution in [0.25, 0.3) is 74.7 Å². The van der Waals surface area contributed by atoms with Gasteiger partial charge in [0.15, 0.2) is 0 Å². The van der Waals surface area contributed by atoms with Crippen LogP contribution in [0.15, 0.2) is 128 Å². The molecular weight excluding hydrogens is 466 g/mol. The predicted molar refractivity (Wildman–Crippen MR) is 161 cm³/mol. The van der Waals surface area contributed by atoms with Gasteiger partial charge in [0.25, 0.3) is 0 Å². The summed E-state index contributed by atoms with van der Waals surface area (Å²) in [5.74, 6) is 0. The summed E-state index contributed by atoms with van der Waals surface area (Å²) < 4.78 is 2.68. The quantitative estimate of drug-likeness (QED) is 0.221. The average Bonchev–Trinajstić information content (AvgIpc) is 3.35. The van der Waals surface area contributed by atoms with E-state index in [1.54, 1.807) is 0 Å². The molecule has 0 amide bonds. The van der Waals surface area contributed by atoms with Crippen LogP contribution >= 0.6 is 11.3 Å². The largest absolute Gasteiger partial charge is 0.264 e. The molecule has 0 aliphatic rings. The lowest BCUT2D eigenvalue weighted by atomic mass is 9.92. The number of hydrogen-bond donors (Lipinski definition) is 0. The van der Waals surface area contributed by atoms with Crippen molar-refractivity contribution in [1.29, 1.82) is 0 Å². The van der Waals surface area contributed by atoms with Gasteiger partial charge in [-0.1, -0.05) is 78.9 Å². The molecule has 0 N–H and O–H groups in total. The third kappa shape index (κ3) is 3.20. The molecule has 0 saturated heterocycles. The molecule has 172 valence electrons. The molecule has 8 rings (SSSR count). The van der Waals surface area contributed by atoms with Gasteiger partial charge in [0, 0.05) is 38.0 Å². The van der Waals surface area contributed by atoms with E-state index in [0.717, 1.165) is 0 Å². The van der Waals surface area contributed by atoms with Gasteiger partial charge in [0.05, 0.1) is 0 Å².